The molecule has 2 nitrogen and oxygen atoms in total. The summed E-state index contributed by atoms with van der Waals surface area (Å²) >= 11 is 0. The van der Waals surface area contributed by atoms with E-state index in [0.717, 1.165) is 17.7 Å². The zero-order valence-corrected chi connectivity index (χ0v) is 11.7. The Bertz CT molecular complexity index is 539. The maximum atomic E-state index is 13.3. The molecule has 2 aromatic rings. The van der Waals surface area contributed by atoms with Crippen LogP contribution in [0, 0.1) is 5.82 Å². The molecule has 0 saturated carbocycles. The van der Waals surface area contributed by atoms with Crippen molar-refractivity contribution >= 4 is 0 Å². The molecule has 0 radical (unpaired) electrons. The molecule has 2 N–H and O–H groups in total. The van der Waals surface area contributed by atoms with E-state index in [-0.39, 0.29) is 11.7 Å². The largest absolute Gasteiger partial charge is 0.494 e. The van der Waals surface area contributed by atoms with Gasteiger partial charge in [0.1, 0.15) is 11.6 Å². The molecule has 0 fully saturated rings. The Hall–Kier alpha value is -1.87. The molecule has 3 heteroatoms. The predicted octanol–water partition coefficient (Wildman–Crippen LogP) is 3.51. The molecule has 0 aliphatic rings. The Kier molecular flexibility index (Phi) is 5.13. The highest BCUT2D eigenvalue weighted by Gasteiger charge is 2.11. The number of benzene rings is 2. The third-order valence-electron chi connectivity index (χ3n) is 3.32. The van der Waals surface area contributed by atoms with Gasteiger partial charge in [-0.2, -0.15) is 0 Å². The number of nitrogens with two attached hydrogens (primary N) is 1. The summed E-state index contributed by atoms with van der Waals surface area (Å²) in [6.45, 7) is 3.12. The van der Waals surface area contributed by atoms with Crippen LogP contribution in [0.4, 0.5) is 4.39 Å². The molecule has 106 valence electrons. The summed E-state index contributed by atoms with van der Waals surface area (Å²) in [4.78, 5) is 0. The second-order valence-corrected chi connectivity index (χ2v) is 4.77. The third kappa shape index (κ3) is 3.81. The van der Waals surface area contributed by atoms with Gasteiger partial charge in [0.15, 0.2) is 0 Å². The Labute approximate surface area is 119 Å². The van der Waals surface area contributed by atoms with Gasteiger partial charge in [-0.1, -0.05) is 24.3 Å². The molecule has 0 bridgehead atoms. The van der Waals surface area contributed by atoms with Crippen LogP contribution in [-0.2, 0) is 6.42 Å². The molecule has 1 unspecified atom stereocenters. The monoisotopic (exact) mass is 273 g/mol. The van der Waals surface area contributed by atoms with Crippen molar-refractivity contribution in [3.63, 3.8) is 0 Å². The van der Waals surface area contributed by atoms with Crippen molar-refractivity contribution in [3.8, 4) is 5.75 Å². The van der Waals surface area contributed by atoms with E-state index in [1.807, 2.05) is 37.3 Å². The lowest BCUT2D eigenvalue weighted by molar-refractivity contribution is 0.340. The Morgan fingerprint density at radius 2 is 1.90 bits per heavy atom. The molecular formula is C17H20FNO. The van der Waals surface area contributed by atoms with E-state index in [1.54, 1.807) is 12.1 Å². The van der Waals surface area contributed by atoms with Crippen LogP contribution in [0.15, 0.2) is 48.5 Å². The van der Waals surface area contributed by atoms with E-state index in [9.17, 15) is 4.39 Å². The fraction of sp³-hybridized carbons (Fsp3) is 0.294. The van der Waals surface area contributed by atoms with E-state index >= 15 is 0 Å². The summed E-state index contributed by atoms with van der Waals surface area (Å²) in [5.41, 5.74) is 7.95. The SMILES string of the molecule is CCOc1ccc(CC(CN)c2cccc(F)c2)cc1. The number of ether oxygens (including phenoxy) is 1. The average molecular weight is 273 g/mol. The molecule has 0 saturated heterocycles. The summed E-state index contributed by atoms with van der Waals surface area (Å²) in [6, 6.07) is 14.6. The molecule has 1 atom stereocenters. The molecule has 0 aliphatic heterocycles. The fourth-order valence-electron chi connectivity index (χ4n) is 2.27. The molecule has 0 spiro atoms. The van der Waals surface area contributed by atoms with Gasteiger partial charge in [0.2, 0.25) is 0 Å². The zero-order valence-electron chi connectivity index (χ0n) is 11.7. The van der Waals surface area contributed by atoms with Crippen LogP contribution in [0.25, 0.3) is 0 Å². The molecule has 0 aliphatic carbocycles. The van der Waals surface area contributed by atoms with Crippen molar-refractivity contribution in [1.82, 2.24) is 0 Å². The van der Waals surface area contributed by atoms with Crippen molar-refractivity contribution in [2.45, 2.75) is 19.3 Å². The van der Waals surface area contributed by atoms with E-state index in [0.29, 0.717) is 13.2 Å². The van der Waals surface area contributed by atoms with E-state index in [4.69, 9.17) is 10.5 Å². The lowest BCUT2D eigenvalue weighted by atomic mass is 9.92. The lowest BCUT2D eigenvalue weighted by Gasteiger charge is -2.15. The second kappa shape index (κ2) is 7.06. The highest BCUT2D eigenvalue weighted by Crippen LogP contribution is 2.22. The normalized spacial score (nSPS) is 12.2. The molecular weight excluding hydrogens is 253 g/mol. The Balaban J connectivity index is 2.09. The first-order valence-electron chi connectivity index (χ1n) is 6.90. The van der Waals surface area contributed by atoms with Gasteiger partial charge in [-0.3, -0.25) is 0 Å². The predicted molar refractivity (Wildman–Crippen MR) is 79.5 cm³/mol. The maximum Gasteiger partial charge on any atom is 0.123 e. The zero-order chi connectivity index (χ0) is 14.4. The van der Waals surface area contributed by atoms with Crippen LogP contribution in [0.5, 0.6) is 5.75 Å². The van der Waals surface area contributed by atoms with Crippen LogP contribution in [0.2, 0.25) is 0 Å². The van der Waals surface area contributed by atoms with Crippen molar-refractivity contribution in [3.05, 3.63) is 65.5 Å². The van der Waals surface area contributed by atoms with Crippen LogP contribution in [0.1, 0.15) is 24.0 Å². The summed E-state index contributed by atoms with van der Waals surface area (Å²) in [7, 11) is 0. The van der Waals surface area contributed by atoms with Crippen LogP contribution >= 0.6 is 0 Å². The number of halogens is 1. The Morgan fingerprint density at radius 3 is 2.50 bits per heavy atom. The highest BCUT2D eigenvalue weighted by atomic mass is 19.1. The minimum absolute atomic E-state index is 0.128. The van der Waals surface area contributed by atoms with Gasteiger partial charge in [0.05, 0.1) is 6.61 Å². The molecule has 0 aromatic heterocycles. The highest BCUT2D eigenvalue weighted by molar-refractivity contribution is 5.30. The second-order valence-electron chi connectivity index (χ2n) is 4.77. The summed E-state index contributed by atoms with van der Waals surface area (Å²) in [5, 5.41) is 0. The van der Waals surface area contributed by atoms with Gasteiger partial charge in [0.25, 0.3) is 0 Å². The van der Waals surface area contributed by atoms with Gasteiger partial charge in [0, 0.05) is 5.92 Å². The topological polar surface area (TPSA) is 35.2 Å². The third-order valence-corrected chi connectivity index (χ3v) is 3.32. The molecule has 2 rings (SSSR count). The first kappa shape index (κ1) is 14.5. The van der Waals surface area contributed by atoms with Crippen molar-refractivity contribution in [1.29, 1.82) is 0 Å². The lowest BCUT2D eigenvalue weighted by Crippen LogP contribution is -2.15. The smallest absolute Gasteiger partial charge is 0.123 e. The van der Waals surface area contributed by atoms with E-state index < -0.39 is 0 Å². The maximum absolute atomic E-state index is 13.3. The van der Waals surface area contributed by atoms with E-state index in [2.05, 4.69) is 0 Å². The summed E-state index contributed by atoms with van der Waals surface area (Å²) < 4.78 is 18.7. The first-order valence-corrected chi connectivity index (χ1v) is 6.90. The van der Waals surface area contributed by atoms with Gasteiger partial charge in [-0.15, -0.1) is 0 Å². The van der Waals surface area contributed by atoms with Gasteiger partial charge in [-0.25, -0.2) is 4.39 Å². The number of hydrogen-bond donors (Lipinski definition) is 1. The number of rotatable bonds is 6. The Morgan fingerprint density at radius 1 is 1.15 bits per heavy atom. The van der Waals surface area contributed by atoms with Gasteiger partial charge >= 0.3 is 0 Å². The summed E-state index contributed by atoms with van der Waals surface area (Å²) in [6.07, 6.45) is 0.798. The standard InChI is InChI=1S/C17H20FNO/c1-2-20-17-8-6-13(7-9-17)10-15(12-19)14-4-3-5-16(18)11-14/h3-9,11,15H,2,10,12,19H2,1H3. The summed E-state index contributed by atoms with van der Waals surface area (Å²) in [5.74, 6) is 0.780. The fourth-order valence-corrected chi connectivity index (χ4v) is 2.27. The minimum Gasteiger partial charge on any atom is -0.494 e. The van der Waals surface area contributed by atoms with Crippen molar-refractivity contribution in [2.75, 3.05) is 13.2 Å². The van der Waals surface area contributed by atoms with Crippen LogP contribution < -0.4 is 10.5 Å². The number of hydrogen-bond acceptors (Lipinski definition) is 2. The first-order chi connectivity index (χ1) is 9.72. The quantitative estimate of drug-likeness (QED) is 0.874. The molecule has 20 heavy (non-hydrogen) atoms. The van der Waals surface area contributed by atoms with Gasteiger partial charge < -0.3 is 10.5 Å². The van der Waals surface area contributed by atoms with Crippen molar-refractivity contribution in [2.24, 2.45) is 5.73 Å². The van der Waals surface area contributed by atoms with Crippen LogP contribution in [-0.4, -0.2) is 13.2 Å². The van der Waals surface area contributed by atoms with E-state index in [1.165, 1.54) is 11.6 Å². The molecule has 2 aromatic carbocycles. The molecule has 0 heterocycles. The minimum atomic E-state index is -0.215. The van der Waals surface area contributed by atoms with Gasteiger partial charge in [-0.05, 0) is 55.3 Å². The average Bonchev–Trinajstić information content (AvgIpc) is 2.47. The van der Waals surface area contributed by atoms with Crippen LogP contribution in [0.3, 0.4) is 0 Å². The molecule has 0 amide bonds. The van der Waals surface area contributed by atoms with Crippen molar-refractivity contribution < 1.29 is 9.13 Å².